The van der Waals surface area contributed by atoms with Crippen LogP contribution in [0, 0.1) is 6.92 Å². The Hall–Kier alpha value is -4.14. The molecule has 2 unspecified atom stereocenters. The molecule has 2 aromatic rings. The monoisotopic (exact) mass is 592 g/mol. The van der Waals surface area contributed by atoms with Gasteiger partial charge in [-0.2, -0.15) is 0 Å². The third-order valence-electron chi connectivity index (χ3n) is 6.88. The number of unbranched alkanes of at least 4 members (excludes halogenated alkanes) is 4. The molecule has 0 aliphatic heterocycles. The maximum Gasteiger partial charge on any atom is 0.408 e. The number of amides is 4. The number of hydrogen-bond donors (Lipinski definition) is 3. The Labute approximate surface area is 256 Å². The number of nitrogens with one attached hydrogen (secondary N) is 2. The van der Waals surface area contributed by atoms with Gasteiger partial charge in [0.2, 0.25) is 11.8 Å². The van der Waals surface area contributed by atoms with E-state index in [0.717, 1.165) is 36.8 Å². The Morgan fingerprint density at radius 1 is 1.02 bits per heavy atom. The number of para-hydroxylation sites is 1. The lowest BCUT2D eigenvalue weighted by molar-refractivity contribution is -0.141. The summed E-state index contributed by atoms with van der Waals surface area (Å²) in [6.45, 7) is 13.3. The lowest BCUT2D eigenvalue weighted by Crippen LogP contribution is -2.52. The minimum atomic E-state index is -1.14. The number of ether oxygens (including phenoxy) is 1. The first-order valence-corrected chi connectivity index (χ1v) is 15.0. The second-order valence-electron chi connectivity index (χ2n) is 11.7. The predicted octanol–water partition coefficient (Wildman–Crippen LogP) is 6.28. The molecule has 0 heterocycles. The van der Waals surface area contributed by atoms with Crippen LogP contribution in [0.1, 0.15) is 95.4 Å². The summed E-state index contributed by atoms with van der Waals surface area (Å²) in [5, 5.41) is 5.65. The van der Waals surface area contributed by atoms with Crippen LogP contribution < -0.4 is 16.4 Å². The minimum Gasteiger partial charge on any atom is -0.444 e. The molecule has 9 heteroatoms. The predicted molar refractivity (Wildman–Crippen MR) is 171 cm³/mol. The molecule has 2 atom stereocenters. The number of hydrogen-bond acceptors (Lipinski definition) is 5. The highest BCUT2D eigenvalue weighted by Crippen LogP contribution is 2.28. The number of carbonyl (C=O) groups is 4. The van der Waals surface area contributed by atoms with Gasteiger partial charge in [-0.05, 0) is 69.4 Å². The van der Waals surface area contributed by atoms with E-state index in [-0.39, 0.29) is 19.4 Å². The van der Waals surface area contributed by atoms with E-state index in [1.54, 1.807) is 39.0 Å². The van der Waals surface area contributed by atoms with E-state index in [0.29, 0.717) is 17.7 Å². The zero-order valence-electron chi connectivity index (χ0n) is 26.3. The summed E-state index contributed by atoms with van der Waals surface area (Å²) < 4.78 is 5.42. The molecule has 0 aliphatic carbocycles. The highest BCUT2D eigenvalue weighted by Gasteiger charge is 2.36. The zero-order valence-corrected chi connectivity index (χ0v) is 26.3. The maximum absolute atomic E-state index is 14.4. The van der Waals surface area contributed by atoms with Crippen molar-refractivity contribution in [3.05, 3.63) is 71.8 Å². The van der Waals surface area contributed by atoms with E-state index in [1.807, 2.05) is 43.3 Å². The van der Waals surface area contributed by atoms with Gasteiger partial charge in [0.15, 0.2) is 0 Å². The van der Waals surface area contributed by atoms with Gasteiger partial charge in [0.25, 0.3) is 5.91 Å². The molecule has 2 aromatic carbocycles. The van der Waals surface area contributed by atoms with Gasteiger partial charge in [-0.1, -0.05) is 81.7 Å². The fourth-order valence-electron chi connectivity index (χ4n) is 4.69. The zero-order chi connectivity index (χ0) is 32.0. The van der Waals surface area contributed by atoms with Crippen LogP contribution in [0.25, 0.3) is 6.08 Å². The number of nitrogens with zero attached hydrogens (tertiary/aromatic N) is 1. The van der Waals surface area contributed by atoms with E-state index >= 15 is 0 Å². The van der Waals surface area contributed by atoms with Gasteiger partial charge in [-0.3, -0.25) is 14.4 Å². The van der Waals surface area contributed by atoms with Crippen LogP contribution in [0.2, 0.25) is 0 Å². The molecule has 2 rings (SSSR count). The van der Waals surface area contributed by atoms with Crippen molar-refractivity contribution < 1.29 is 23.9 Å². The van der Waals surface area contributed by atoms with Gasteiger partial charge in [-0.15, -0.1) is 0 Å². The van der Waals surface area contributed by atoms with Crippen LogP contribution >= 0.6 is 0 Å². The lowest BCUT2D eigenvalue weighted by atomic mass is 9.98. The van der Waals surface area contributed by atoms with Crippen LogP contribution in [0.15, 0.2) is 55.1 Å². The Bertz CT molecular complexity index is 1250. The largest absolute Gasteiger partial charge is 0.444 e. The first-order valence-electron chi connectivity index (χ1n) is 15.0. The van der Waals surface area contributed by atoms with Gasteiger partial charge in [0.1, 0.15) is 17.7 Å². The molecule has 43 heavy (non-hydrogen) atoms. The van der Waals surface area contributed by atoms with Crippen molar-refractivity contribution >= 4 is 35.6 Å². The topological polar surface area (TPSA) is 131 Å². The average Bonchev–Trinajstić information content (AvgIpc) is 2.94. The molecule has 234 valence electrons. The molecule has 0 saturated carbocycles. The smallest absolute Gasteiger partial charge is 0.408 e. The number of anilines is 1. The normalized spacial score (nSPS) is 12.5. The van der Waals surface area contributed by atoms with E-state index in [1.165, 1.54) is 4.90 Å². The molecule has 0 fully saturated rings. The first kappa shape index (κ1) is 35.1. The molecule has 0 bridgehead atoms. The highest BCUT2D eigenvalue weighted by molar-refractivity contribution is 5.99. The van der Waals surface area contributed by atoms with E-state index in [9.17, 15) is 19.2 Å². The fraction of sp³-hybridized carbons (Fsp3) is 0.471. The second-order valence-corrected chi connectivity index (χ2v) is 11.7. The number of primary amides is 1. The van der Waals surface area contributed by atoms with Crippen molar-refractivity contribution in [1.82, 2.24) is 10.2 Å². The number of benzene rings is 2. The SMILES string of the molecule is C=Cc1cccc(C(C(=O)Nc2ccccc2C)N(CCCCCCC)C(=O)C(CCC(N)=O)NC(=O)OC(C)(C)C)c1. The number of carbonyl (C=O) groups excluding carboxylic acids is 4. The van der Waals surface area contributed by atoms with Crippen molar-refractivity contribution in [3.8, 4) is 0 Å². The number of nitrogens with two attached hydrogens (primary N) is 1. The number of alkyl carbamates (subject to hydrolysis) is 1. The standard InChI is InChI=1S/C34H48N4O5/c1-7-9-10-11-14-22-38(32(41)28(20-21-29(35)39)37-33(42)43-34(4,5)6)30(26-18-15-17-25(8-2)23-26)31(40)36-27-19-13-12-16-24(27)3/h8,12-13,15-19,23,28,30H,2,7,9-11,14,20-22H2,1,3-6H3,(H2,35,39)(H,36,40)(H,37,42). The summed E-state index contributed by atoms with van der Waals surface area (Å²) in [4.78, 5) is 54.5. The van der Waals surface area contributed by atoms with Crippen molar-refractivity contribution in [3.63, 3.8) is 0 Å². The fourth-order valence-corrected chi connectivity index (χ4v) is 4.69. The second kappa shape index (κ2) is 17.1. The third kappa shape index (κ3) is 11.9. The van der Waals surface area contributed by atoms with Crippen molar-refractivity contribution in [2.45, 2.75) is 97.2 Å². The molecule has 0 radical (unpaired) electrons. The summed E-state index contributed by atoms with van der Waals surface area (Å²) in [7, 11) is 0. The van der Waals surface area contributed by atoms with E-state index < -0.39 is 41.5 Å². The minimum absolute atomic E-state index is 0.0431. The third-order valence-corrected chi connectivity index (χ3v) is 6.88. The summed E-state index contributed by atoms with van der Waals surface area (Å²) in [5.74, 6) is -1.51. The first-order chi connectivity index (χ1) is 20.4. The summed E-state index contributed by atoms with van der Waals surface area (Å²) in [6, 6.07) is 12.5. The number of rotatable bonds is 16. The van der Waals surface area contributed by atoms with Crippen LogP contribution in [-0.2, 0) is 19.1 Å². The molecule has 0 spiro atoms. The lowest BCUT2D eigenvalue weighted by Gasteiger charge is -2.35. The van der Waals surface area contributed by atoms with Crippen LogP contribution in [-0.4, -0.2) is 46.9 Å². The van der Waals surface area contributed by atoms with Crippen LogP contribution in [0.4, 0.5) is 10.5 Å². The van der Waals surface area contributed by atoms with E-state index in [4.69, 9.17) is 10.5 Å². The quantitative estimate of drug-likeness (QED) is 0.198. The van der Waals surface area contributed by atoms with Crippen molar-refractivity contribution in [2.75, 3.05) is 11.9 Å². The van der Waals surface area contributed by atoms with E-state index in [2.05, 4.69) is 24.1 Å². The Morgan fingerprint density at radius 2 is 1.72 bits per heavy atom. The van der Waals surface area contributed by atoms with Crippen LogP contribution in [0.5, 0.6) is 0 Å². The molecule has 0 aliphatic rings. The van der Waals surface area contributed by atoms with Gasteiger partial charge in [0, 0.05) is 18.7 Å². The molecule has 4 amide bonds. The Kier molecular flexibility index (Phi) is 13.9. The van der Waals surface area contributed by atoms with Gasteiger partial charge in [0.05, 0.1) is 0 Å². The van der Waals surface area contributed by atoms with Crippen molar-refractivity contribution in [1.29, 1.82) is 0 Å². The average molecular weight is 593 g/mol. The molecule has 0 saturated heterocycles. The van der Waals surface area contributed by atoms with Gasteiger partial charge in [-0.25, -0.2) is 4.79 Å². The Morgan fingerprint density at radius 3 is 2.35 bits per heavy atom. The summed E-state index contributed by atoms with van der Waals surface area (Å²) in [6.07, 6.45) is 5.33. The molecule has 9 nitrogen and oxygen atoms in total. The van der Waals surface area contributed by atoms with Gasteiger partial charge < -0.3 is 26.0 Å². The summed E-state index contributed by atoms with van der Waals surface area (Å²) in [5.41, 5.74) is 7.51. The molecule has 4 N–H and O–H groups in total. The van der Waals surface area contributed by atoms with Gasteiger partial charge >= 0.3 is 6.09 Å². The maximum atomic E-state index is 14.4. The molecule has 0 aromatic heterocycles. The van der Waals surface area contributed by atoms with Crippen molar-refractivity contribution in [2.24, 2.45) is 5.73 Å². The number of aryl methyl sites for hydroxylation is 1. The molecular weight excluding hydrogens is 544 g/mol. The Balaban J connectivity index is 2.59. The summed E-state index contributed by atoms with van der Waals surface area (Å²) >= 11 is 0. The van der Waals surface area contributed by atoms with Crippen LogP contribution in [0.3, 0.4) is 0 Å². The highest BCUT2D eigenvalue weighted by atomic mass is 16.6. The molecular formula is C34H48N4O5.